The van der Waals surface area contributed by atoms with Crippen molar-refractivity contribution in [3.63, 3.8) is 0 Å². The number of rotatable bonds is 4. The second kappa shape index (κ2) is 7.22. The maximum atomic E-state index is 12.5. The highest BCUT2D eigenvalue weighted by Gasteiger charge is 2.27. The van der Waals surface area contributed by atoms with E-state index < -0.39 is 0 Å². The van der Waals surface area contributed by atoms with Gasteiger partial charge in [-0.15, -0.1) is 0 Å². The van der Waals surface area contributed by atoms with Gasteiger partial charge >= 0.3 is 0 Å². The molecule has 0 saturated carbocycles. The van der Waals surface area contributed by atoms with Crippen LogP contribution in [0.2, 0.25) is 0 Å². The molecule has 0 N–H and O–H groups in total. The van der Waals surface area contributed by atoms with Gasteiger partial charge in [0, 0.05) is 19.3 Å². The summed E-state index contributed by atoms with van der Waals surface area (Å²) in [5.74, 6) is 1.10. The average Bonchev–Trinajstić information content (AvgIpc) is 3.28. The highest BCUT2D eigenvalue weighted by Crippen LogP contribution is 2.26. The number of carbonyl (C=O) groups is 1. The Labute approximate surface area is 156 Å². The standard InChI is InChI=1S/C19H20N6O2/c1-12-18(13(2)27-24-12)17-10-20-9-16(23-17)7-14-4-6-25(11-14)19(26)15-3-5-21-22-8-15/h3,5,8-10,14H,4,6-7,11H2,1-2H3/t14-/m0/s1. The minimum Gasteiger partial charge on any atom is -0.361 e. The fraction of sp³-hybridized carbons (Fsp3) is 0.368. The Balaban J connectivity index is 1.45. The predicted molar refractivity (Wildman–Crippen MR) is 96.7 cm³/mol. The quantitative estimate of drug-likeness (QED) is 0.700. The lowest BCUT2D eigenvalue weighted by Crippen LogP contribution is -2.29. The largest absolute Gasteiger partial charge is 0.361 e. The van der Waals surface area contributed by atoms with E-state index in [2.05, 4.69) is 20.3 Å². The van der Waals surface area contributed by atoms with Crippen molar-refractivity contribution < 1.29 is 9.32 Å². The van der Waals surface area contributed by atoms with Gasteiger partial charge in [0.05, 0.1) is 46.8 Å². The number of nitrogens with zero attached hydrogens (tertiary/aromatic N) is 6. The van der Waals surface area contributed by atoms with E-state index >= 15 is 0 Å². The van der Waals surface area contributed by atoms with E-state index in [-0.39, 0.29) is 5.91 Å². The molecule has 1 aliphatic heterocycles. The minimum absolute atomic E-state index is 0.00274. The summed E-state index contributed by atoms with van der Waals surface area (Å²) in [6.07, 6.45) is 8.30. The van der Waals surface area contributed by atoms with Crippen LogP contribution in [0.1, 0.15) is 33.9 Å². The number of amides is 1. The SMILES string of the molecule is Cc1noc(C)c1-c1cncc(C[C@@H]2CCN(C(=O)c3ccnnc3)C2)n1. The van der Waals surface area contributed by atoms with Gasteiger partial charge in [0.15, 0.2) is 0 Å². The fourth-order valence-corrected chi connectivity index (χ4v) is 3.55. The summed E-state index contributed by atoms with van der Waals surface area (Å²) < 4.78 is 5.23. The molecule has 0 aliphatic carbocycles. The number of carbonyl (C=O) groups excluding carboxylic acids is 1. The summed E-state index contributed by atoms with van der Waals surface area (Å²) in [4.78, 5) is 23.5. The van der Waals surface area contributed by atoms with Crippen molar-refractivity contribution in [3.8, 4) is 11.3 Å². The molecule has 3 aromatic rings. The van der Waals surface area contributed by atoms with Crippen LogP contribution in [0.5, 0.6) is 0 Å². The maximum Gasteiger partial charge on any atom is 0.255 e. The zero-order chi connectivity index (χ0) is 18.8. The number of hydrogen-bond donors (Lipinski definition) is 0. The summed E-state index contributed by atoms with van der Waals surface area (Å²) in [7, 11) is 0. The van der Waals surface area contributed by atoms with E-state index in [1.807, 2.05) is 18.7 Å². The van der Waals surface area contributed by atoms with Crippen molar-refractivity contribution in [3.05, 3.63) is 53.6 Å². The second-order valence-corrected chi connectivity index (χ2v) is 6.84. The first-order valence-electron chi connectivity index (χ1n) is 8.92. The average molecular weight is 364 g/mol. The summed E-state index contributed by atoms with van der Waals surface area (Å²) >= 11 is 0. The lowest BCUT2D eigenvalue weighted by Gasteiger charge is -2.16. The fourth-order valence-electron chi connectivity index (χ4n) is 3.55. The van der Waals surface area contributed by atoms with Gasteiger partial charge in [0.25, 0.3) is 5.91 Å². The third-order valence-corrected chi connectivity index (χ3v) is 4.88. The summed E-state index contributed by atoms with van der Waals surface area (Å²) in [5, 5.41) is 11.5. The highest BCUT2D eigenvalue weighted by molar-refractivity contribution is 5.93. The molecule has 1 aliphatic rings. The van der Waals surface area contributed by atoms with Crippen molar-refractivity contribution in [1.82, 2.24) is 30.2 Å². The van der Waals surface area contributed by atoms with Gasteiger partial charge < -0.3 is 9.42 Å². The van der Waals surface area contributed by atoms with Gasteiger partial charge in [-0.25, -0.2) is 4.98 Å². The molecule has 0 aromatic carbocycles. The molecule has 3 aromatic heterocycles. The van der Waals surface area contributed by atoms with Crippen LogP contribution < -0.4 is 0 Å². The number of aryl methyl sites for hydroxylation is 2. The molecule has 1 atom stereocenters. The van der Waals surface area contributed by atoms with Gasteiger partial charge in [0.1, 0.15) is 5.76 Å². The van der Waals surface area contributed by atoms with Crippen LogP contribution in [0, 0.1) is 19.8 Å². The molecule has 8 heteroatoms. The third-order valence-electron chi connectivity index (χ3n) is 4.88. The van der Waals surface area contributed by atoms with Crippen molar-refractivity contribution in [2.24, 2.45) is 5.92 Å². The van der Waals surface area contributed by atoms with Crippen LogP contribution in [0.3, 0.4) is 0 Å². The van der Waals surface area contributed by atoms with Gasteiger partial charge in [-0.1, -0.05) is 5.16 Å². The van der Waals surface area contributed by atoms with Crippen LogP contribution in [-0.2, 0) is 6.42 Å². The number of aromatic nitrogens is 5. The van der Waals surface area contributed by atoms with E-state index in [0.29, 0.717) is 18.0 Å². The molecule has 27 heavy (non-hydrogen) atoms. The summed E-state index contributed by atoms with van der Waals surface area (Å²) in [5.41, 5.74) is 3.97. The van der Waals surface area contributed by atoms with Crippen LogP contribution in [0.25, 0.3) is 11.3 Å². The summed E-state index contributed by atoms with van der Waals surface area (Å²) in [6, 6.07) is 1.70. The lowest BCUT2D eigenvalue weighted by atomic mass is 10.0. The molecule has 0 bridgehead atoms. The highest BCUT2D eigenvalue weighted by atomic mass is 16.5. The number of likely N-dealkylation sites (tertiary alicyclic amines) is 1. The van der Waals surface area contributed by atoms with Crippen LogP contribution in [0.15, 0.2) is 35.4 Å². The lowest BCUT2D eigenvalue weighted by molar-refractivity contribution is 0.0786. The Hall–Kier alpha value is -3.16. The molecule has 4 heterocycles. The molecular weight excluding hydrogens is 344 g/mol. The van der Waals surface area contributed by atoms with Crippen LogP contribution in [-0.4, -0.2) is 49.2 Å². The third kappa shape index (κ3) is 3.55. The monoisotopic (exact) mass is 364 g/mol. The topological polar surface area (TPSA) is 97.9 Å². The first kappa shape index (κ1) is 17.3. The van der Waals surface area contributed by atoms with Gasteiger partial charge in [-0.05, 0) is 38.7 Å². The number of hydrogen-bond acceptors (Lipinski definition) is 7. The van der Waals surface area contributed by atoms with Crippen molar-refractivity contribution >= 4 is 5.91 Å². The van der Waals surface area contributed by atoms with E-state index in [1.165, 1.54) is 12.4 Å². The van der Waals surface area contributed by atoms with E-state index in [4.69, 9.17) is 9.51 Å². The van der Waals surface area contributed by atoms with Crippen LogP contribution in [0.4, 0.5) is 0 Å². The molecule has 0 spiro atoms. The van der Waals surface area contributed by atoms with Crippen molar-refractivity contribution in [2.75, 3.05) is 13.1 Å². The first-order chi connectivity index (χ1) is 13.1. The van der Waals surface area contributed by atoms with Gasteiger partial charge in [0.2, 0.25) is 0 Å². The maximum absolute atomic E-state index is 12.5. The Morgan fingerprint density at radius 1 is 1.26 bits per heavy atom. The minimum atomic E-state index is 0.00274. The van der Waals surface area contributed by atoms with Crippen molar-refractivity contribution in [2.45, 2.75) is 26.7 Å². The summed E-state index contributed by atoms with van der Waals surface area (Å²) in [6.45, 7) is 5.22. The van der Waals surface area contributed by atoms with Gasteiger partial charge in [-0.3, -0.25) is 9.78 Å². The molecule has 4 rings (SSSR count). The Bertz CT molecular complexity index is 936. The zero-order valence-electron chi connectivity index (χ0n) is 15.3. The van der Waals surface area contributed by atoms with Crippen molar-refractivity contribution in [1.29, 1.82) is 0 Å². The molecular formula is C19H20N6O2. The molecule has 0 radical (unpaired) electrons. The smallest absolute Gasteiger partial charge is 0.255 e. The Morgan fingerprint density at radius 3 is 2.89 bits per heavy atom. The molecule has 0 unspecified atom stereocenters. The van der Waals surface area contributed by atoms with E-state index in [9.17, 15) is 4.79 Å². The first-order valence-corrected chi connectivity index (χ1v) is 8.92. The Morgan fingerprint density at radius 2 is 2.15 bits per heavy atom. The second-order valence-electron chi connectivity index (χ2n) is 6.84. The van der Waals surface area contributed by atoms with E-state index in [0.717, 1.165) is 47.8 Å². The normalized spacial score (nSPS) is 16.7. The predicted octanol–water partition coefficient (Wildman–Crippen LogP) is 2.24. The molecule has 1 saturated heterocycles. The van der Waals surface area contributed by atoms with E-state index in [1.54, 1.807) is 18.5 Å². The molecule has 138 valence electrons. The molecule has 1 fully saturated rings. The Kier molecular flexibility index (Phi) is 4.62. The zero-order valence-corrected chi connectivity index (χ0v) is 15.3. The molecule has 1 amide bonds. The van der Waals surface area contributed by atoms with Gasteiger partial charge in [-0.2, -0.15) is 10.2 Å². The molecule has 8 nitrogen and oxygen atoms in total. The van der Waals surface area contributed by atoms with Crippen LogP contribution >= 0.6 is 0 Å².